The summed E-state index contributed by atoms with van der Waals surface area (Å²) in [5.41, 5.74) is 0.474. The molecule has 0 atom stereocenters. The average Bonchev–Trinajstić information content (AvgIpc) is 3.14. The molecule has 9 heteroatoms. The van der Waals surface area contributed by atoms with Crippen LogP contribution in [0.2, 0.25) is 0 Å². The number of alkyl halides is 3. The number of halogens is 3. The van der Waals surface area contributed by atoms with Gasteiger partial charge in [-0.2, -0.15) is 18.3 Å². The molecule has 0 bridgehead atoms. The predicted octanol–water partition coefficient (Wildman–Crippen LogP) is 3.68. The number of hydrogen-bond donors (Lipinski definition) is 1. The van der Waals surface area contributed by atoms with Crippen molar-refractivity contribution < 1.29 is 21.6 Å². The summed E-state index contributed by atoms with van der Waals surface area (Å²) in [7, 11) is -4.08. The van der Waals surface area contributed by atoms with Gasteiger partial charge in [-0.05, 0) is 48.4 Å². The lowest BCUT2D eigenvalue weighted by atomic mass is 10.1. The number of aromatic nitrogens is 2. The molecule has 1 aromatic heterocycles. The van der Waals surface area contributed by atoms with Gasteiger partial charge in [-0.1, -0.05) is 18.2 Å². The molecule has 0 aliphatic rings. The molecule has 0 aliphatic carbocycles. The molecule has 0 fully saturated rings. The minimum absolute atomic E-state index is 0.0318. The summed E-state index contributed by atoms with van der Waals surface area (Å²) in [4.78, 5) is -0.423. The number of sulfonamides is 1. The summed E-state index contributed by atoms with van der Waals surface area (Å²) < 4.78 is 67.7. The SMILES string of the molecule is Cc1ccc(S(=O)(=O)NCc2ccc(-n3cccn3)cc2)cc1C(F)(F)F. The first-order valence-electron chi connectivity index (χ1n) is 7.93. The van der Waals surface area contributed by atoms with Crippen LogP contribution in [0.25, 0.3) is 5.69 Å². The number of nitrogens with zero attached hydrogens (tertiary/aromatic N) is 2. The van der Waals surface area contributed by atoms with Gasteiger partial charge in [-0.25, -0.2) is 17.8 Å². The standard InChI is InChI=1S/C18H16F3N3O2S/c1-13-3-8-16(11-17(13)18(19,20)21)27(25,26)23-12-14-4-6-15(7-5-14)24-10-2-9-22-24/h2-11,23H,12H2,1H3. The van der Waals surface area contributed by atoms with Gasteiger partial charge in [-0.3, -0.25) is 0 Å². The Labute approximate surface area is 154 Å². The maximum absolute atomic E-state index is 13.0. The Hall–Kier alpha value is -2.65. The highest BCUT2D eigenvalue weighted by molar-refractivity contribution is 7.89. The molecule has 0 spiro atoms. The lowest BCUT2D eigenvalue weighted by molar-refractivity contribution is -0.138. The third-order valence-electron chi connectivity index (χ3n) is 4.00. The monoisotopic (exact) mass is 395 g/mol. The molecule has 1 N–H and O–H groups in total. The summed E-state index contributed by atoms with van der Waals surface area (Å²) >= 11 is 0. The van der Waals surface area contributed by atoms with Gasteiger partial charge in [0.05, 0.1) is 16.1 Å². The van der Waals surface area contributed by atoms with E-state index in [9.17, 15) is 21.6 Å². The molecule has 0 aliphatic heterocycles. The molecular weight excluding hydrogens is 379 g/mol. The van der Waals surface area contributed by atoms with Crippen LogP contribution in [0.3, 0.4) is 0 Å². The molecule has 2 aromatic carbocycles. The minimum atomic E-state index is -4.61. The van der Waals surface area contributed by atoms with E-state index in [0.29, 0.717) is 11.6 Å². The lowest BCUT2D eigenvalue weighted by Crippen LogP contribution is -2.24. The molecule has 3 aromatic rings. The Bertz CT molecular complexity index is 1030. The van der Waals surface area contributed by atoms with Gasteiger partial charge < -0.3 is 0 Å². The van der Waals surface area contributed by atoms with E-state index >= 15 is 0 Å². The second-order valence-electron chi connectivity index (χ2n) is 5.92. The highest BCUT2D eigenvalue weighted by Crippen LogP contribution is 2.33. The van der Waals surface area contributed by atoms with Crippen molar-refractivity contribution in [1.82, 2.24) is 14.5 Å². The third kappa shape index (κ3) is 4.37. The van der Waals surface area contributed by atoms with Gasteiger partial charge in [0.2, 0.25) is 10.0 Å². The molecule has 27 heavy (non-hydrogen) atoms. The van der Waals surface area contributed by atoms with Crippen molar-refractivity contribution in [3.05, 3.63) is 77.6 Å². The molecule has 3 rings (SSSR count). The van der Waals surface area contributed by atoms with Crippen LogP contribution in [0.5, 0.6) is 0 Å². The summed E-state index contributed by atoms with van der Waals surface area (Å²) in [6.45, 7) is 1.24. The number of aryl methyl sites for hydroxylation is 1. The normalized spacial score (nSPS) is 12.3. The predicted molar refractivity (Wildman–Crippen MR) is 93.8 cm³/mol. The first kappa shape index (κ1) is 19.1. The molecule has 0 radical (unpaired) electrons. The lowest BCUT2D eigenvalue weighted by Gasteiger charge is -2.13. The van der Waals surface area contributed by atoms with Crippen LogP contribution in [0.4, 0.5) is 13.2 Å². The van der Waals surface area contributed by atoms with Crippen LogP contribution in [-0.4, -0.2) is 18.2 Å². The van der Waals surface area contributed by atoms with Gasteiger partial charge in [0.15, 0.2) is 0 Å². The van der Waals surface area contributed by atoms with Crippen molar-refractivity contribution in [3.8, 4) is 5.69 Å². The first-order valence-corrected chi connectivity index (χ1v) is 9.41. The average molecular weight is 395 g/mol. The molecule has 0 amide bonds. The van der Waals surface area contributed by atoms with Crippen LogP contribution in [0.1, 0.15) is 16.7 Å². The van der Waals surface area contributed by atoms with Gasteiger partial charge in [-0.15, -0.1) is 0 Å². The van der Waals surface area contributed by atoms with Gasteiger partial charge in [0, 0.05) is 18.9 Å². The van der Waals surface area contributed by atoms with Crippen LogP contribution < -0.4 is 4.72 Å². The van der Waals surface area contributed by atoms with E-state index in [1.54, 1.807) is 47.4 Å². The van der Waals surface area contributed by atoms with Crippen LogP contribution in [0, 0.1) is 6.92 Å². The van der Waals surface area contributed by atoms with Crippen molar-refractivity contribution in [1.29, 1.82) is 0 Å². The Morgan fingerprint density at radius 3 is 2.41 bits per heavy atom. The molecule has 0 unspecified atom stereocenters. The Kier molecular flexibility index (Phi) is 5.07. The van der Waals surface area contributed by atoms with E-state index in [4.69, 9.17) is 0 Å². The largest absolute Gasteiger partial charge is 0.416 e. The van der Waals surface area contributed by atoms with Crippen molar-refractivity contribution in [2.75, 3.05) is 0 Å². The number of hydrogen-bond acceptors (Lipinski definition) is 3. The summed E-state index contributed by atoms with van der Waals surface area (Å²) in [5.74, 6) is 0. The smallest absolute Gasteiger partial charge is 0.241 e. The van der Waals surface area contributed by atoms with Crippen molar-refractivity contribution in [3.63, 3.8) is 0 Å². The maximum atomic E-state index is 13.0. The van der Waals surface area contributed by atoms with Crippen molar-refractivity contribution in [2.24, 2.45) is 0 Å². The summed E-state index contributed by atoms with van der Waals surface area (Å²) in [5, 5.41) is 4.09. The Morgan fingerprint density at radius 2 is 1.81 bits per heavy atom. The summed E-state index contributed by atoms with van der Waals surface area (Å²) in [6.07, 6.45) is -1.20. The Balaban J connectivity index is 1.75. The van der Waals surface area contributed by atoms with E-state index < -0.39 is 26.7 Å². The molecule has 142 valence electrons. The van der Waals surface area contributed by atoms with E-state index in [2.05, 4.69) is 9.82 Å². The highest BCUT2D eigenvalue weighted by Gasteiger charge is 2.33. The number of benzene rings is 2. The molecule has 0 saturated heterocycles. The van der Waals surface area contributed by atoms with Gasteiger partial charge in [0.1, 0.15) is 0 Å². The zero-order valence-electron chi connectivity index (χ0n) is 14.2. The second kappa shape index (κ2) is 7.16. The fraction of sp³-hybridized carbons (Fsp3) is 0.167. The number of nitrogens with one attached hydrogen (secondary N) is 1. The molecular formula is C18H16F3N3O2S. The fourth-order valence-corrected chi connectivity index (χ4v) is 3.57. The highest BCUT2D eigenvalue weighted by atomic mass is 32.2. The Morgan fingerprint density at radius 1 is 1.11 bits per heavy atom. The summed E-state index contributed by atoms with van der Waals surface area (Å²) in [6, 6.07) is 11.7. The van der Waals surface area contributed by atoms with E-state index in [1.807, 2.05) is 0 Å². The van der Waals surface area contributed by atoms with E-state index in [-0.39, 0.29) is 12.1 Å². The zero-order chi connectivity index (χ0) is 19.7. The van der Waals surface area contributed by atoms with Crippen molar-refractivity contribution >= 4 is 10.0 Å². The first-order chi connectivity index (χ1) is 12.7. The molecule has 1 heterocycles. The number of rotatable bonds is 5. The topological polar surface area (TPSA) is 64.0 Å². The third-order valence-corrected chi connectivity index (χ3v) is 5.40. The fourth-order valence-electron chi connectivity index (χ4n) is 2.52. The van der Waals surface area contributed by atoms with Crippen LogP contribution >= 0.6 is 0 Å². The second-order valence-corrected chi connectivity index (χ2v) is 7.68. The van der Waals surface area contributed by atoms with Crippen LogP contribution in [-0.2, 0) is 22.7 Å². The van der Waals surface area contributed by atoms with Crippen molar-refractivity contribution in [2.45, 2.75) is 24.5 Å². The van der Waals surface area contributed by atoms with Crippen LogP contribution in [0.15, 0.2) is 65.8 Å². The molecule has 0 saturated carbocycles. The zero-order valence-corrected chi connectivity index (χ0v) is 15.1. The van der Waals surface area contributed by atoms with E-state index in [0.717, 1.165) is 17.8 Å². The maximum Gasteiger partial charge on any atom is 0.416 e. The van der Waals surface area contributed by atoms with E-state index in [1.165, 1.54) is 6.92 Å². The quantitative estimate of drug-likeness (QED) is 0.717. The molecule has 5 nitrogen and oxygen atoms in total. The minimum Gasteiger partial charge on any atom is -0.241 e. The van der Waals surface area contributed by atoms with Gasteiger partial charge in [0.25, 0.3) is 0 Å². The van der Waals surface area contributed by atoms with Gasteiger partial charge >= 0.3 is 6.18 Å².